The summed E-state index contributed by atoms with van der Waals surface area (Å²) in [7, 11) is 1.62. The molecule has 0 aliphatic carbocycles. The highest BCUT2D eigenvalue weighted by Crippen LogP contribution is 2.14. The van der Waals surface area contributed by atoms with Crippen LogP contribution in [0.5, 0.6) is 5.88 Å². The van der Waals surface area contributed by atoms with E-state index in [9.17, 15) is 0 Å². The summed E-state index contributed by atoms with van der Waals surface area (Å²) in [5.41, 5.74) is 0. The maximum absolute atomic E-state index is 5.84. The third-order valence-corrected chi connectivity index (χ3v) is 1.92. The van der Waals surface area contributed by atoms with E-state index in [1.165, 1.54) is 0 Å². The Hall–Kier alpha value is -0.870. The minimum Gasteiger partial charge on any atom is -0.475 e. The van der Waals surface area contributed by atoms with Gasteiger partial charge in [-0.05, 0) is 6.42 Å². The molecule has 0 N–H and O–H groups in total. The van der Waals surface area contributed by atoms with Crippen LogP contribution in [0.2, 0.25) is 5.15 Å². The Morgan fingerprint density at radius 3 is 2.80 bits per heavy atom. The smallest absolute Gasteiger partial charge is 0.218 e. The molecule has 0 unspecified atom stereocenters. The number of aryl methyl sites for hydroxylation is 1. The predicted molar refractivity (Wildman–Crippen MR) is 58.4 cm³/mol. The summed E-state index contributed by atoms with van der Waals surface area (Å²) in [4.78, 5) is 8.32. The number of aromatic nitrogens is 2. The number of hydrogen-bond acceptors (Lipinski definition) is 4. The van der Waals surface area contributed by atoms with Gasteiger partial charge in [-0.25, -0.2) is 4.98 Å². The van der Waals surface area contributed by atoms with Crippen molar-refractivity contribution in [2.75, 3.05) is 20.3 Å². The van der Waals surface area contributed by atoms with E-state index in [-0.39, 0.29) is 0 Å². The zero-order valence-corrected chi connectivity index (χ0v) is 9.75. The third kappa shape index (κ3) is 4.44. The number of halogens is 1. The SMILES string of the molecule is CCCc1nc(Cl)cc(OCCOC)n1. The maximum Gasteiger partial charge on any atom is 0.218 e. The summed E-state index contributed by atoms with van der Waals surface area (Å²) in [6.07, 6.45) is 1.79. The van der Waals surface area contributed by atoms with Crippen molar-refractivity contribution in [2.45, 2.75) is 19.8 Å². The Kier molecular flexibility index (Phi) is 5.36. The summed E-state index contributed by atoms with van der Waals surface area (Å²) in [5.74, 6) is 1.23. The number of nitrogens with zero attached hydrogens (tertiary/aromatic N) is 2. The molecular formula is C10H15ClN2O2. The second kappa shape index (κ2) is 6.58. The summed E-state index contributed by atoms with van der Waals surface area (Å²) in [6, 6.07) is 1.61. The van der Waals surface area contributed by atoms with Gasteiger partial charge >= 0.3 is 0 Å². The van der Waals surface area contributed by atoms with Crippen LogP contribution in [0, 0.1) is 0 Å². The van der Waals surface area contributed by atoms with Crippen molar-refractivity contribution in [3.8, 4) is 5.88 Å². The fraction of sp³-hybridized carbons (Fsp3) is 0.600. The standard InChI is InChI=1S/C10H15ClN2O2/c1-3-4-9-12-8(11)7-10(13-9)15-6-5-14-2/h7H,3-6H2,1-2H3. The van der Waals surface area contributed by atoms with E-state index in [2.05, 4.69) is 16.9 Å². The Morgan fingerprint density at radius 1 is 1.33 bits per heavy atom. The molecule has 84 valence electrons. The van der Waals surface area contributed by atoms with E-state index >= 15 is 0 Å². The molecule has 0 amide bonds. The highest BCUT2D eigenvalue weighted by Gasteiger charge is 2.03. The van der Waals surface area contributed by atoms with Gasteiger partial charge in [0.1, 0.15) is 17.6 Å². The van der Waals surface area contributed by atoms with Crippen LogP contribution in [0.3, 0.4) is 0 Å². The fourth-order valence-electron chi connectivity index (χ4n) is 1.08. The molecule has 5 heteroatoms. The molecule has 0 spiro atoms. The van der Waals surface area contributed by atoms with Gasteiger partial charge in [-0.15, -0.1) is 0 Å². The van der Waals surface area contributed by atoms with Gasteiger partial charge in [0.15, 0.2) is 0 Å². The highest BCUT2D eigenvalue weighted by molar-refractivity contribution is 6.29. The van der Waals surface area contributed by atoms with Crippen molar-refractivity contribution in [3.63, 3.8) is 0 Å². The molecule has 0 saturated carbocycles. The molecule has 0 aromatic carbocycles. The molecule has 1 aromatic heterocycles. The first kappa shape index (κ1) is 12.2. The van der Waals surface area contributed by atoms with Crippen LogP contribution >= 0.6 is 11.6 Å². The van der Waals surface area contributed by atoms with Crippen LogP contribution in [0.4, 0.5) is 0 Å². The van der Waals surface area contributed by atoms with E-state index in [4.69, 9.17) is 21.1 Å². The van der Waals surface area contributed by atoms with Crippen molar-refractivity contribution in [1.29, 1.82) is 0 Å². The Balaban J connectivity index is 2.62. The number of hydrogen-bond donors (Lipinski definition) is 0. The summed E-state index contributed by atoms with van der Waals surface area (Å²) in [5, 5.41) is 0.417. The van der Waals surface area contributed by atoms with E-state index in [1.54, 1.807) is 13.2 Å². The molecule has 1 rings (SSSR count). The number of ether oxygens (including phenoxy) is 2. The van der Waals surface area contributed by atoms with Crippen LogP contribution < -0.4 is 4.74 Å². The average molecular weight is 231 g/mol. The average Bonchev–Trinajstić information content (AvgIpc) is 2.18. The van der Waals surface area contributed by atoms with Crippen LogP contribution in [-0.4, -0.2) is 30.3 Å². The molecule has 0 aliphatic heterocycles. The van der Waals surface area contributed by atoms with Gasteiger partial charge in [0.25, 0.3) is 0 Å². The van der Waals surface area contributed by atoms with E-state index in [0.29, 0.717) is 24.2 Å². The minimum atomic E-state index is 0.417. The quantitative estimate of drug-likeness (QED) is 0.555. The van der Waals surface area contributed by atoms with Crippen molar-refractivity contribution in [1.82, 2.24) is 9.97 Å². The second-order valence-corrected chi connectivity index (χ2v) is 3.42. The van der Waals surface area contributed by atoms with Gasteiger partial charge in [0.2, 0.25) is 5.88 Å². The molecule has 0 aliphatic rings. The van der Waals surface area contributed by atoms with Gasteiger partial charge in [0, 0.05) is 19.6 Å². The van der Waals surface area contributed by atoms with Crippen LogP contribution in [0.25, 0.3) is 0 Å². The molecule has 15 heavy (non-hydrogen) atoms. The van der Waals surface area contributed by atoms with Gasteiger partial charge in [-0.1, -0.05) is 18.5 Å². The Morgan fingerprint density at radius 2 is 2.13 bits per heavy atom. The zero-order valence-electron chi connectivity index (χ0n) is 8.99. The van der Waals surface area contributed by atoms with Crippen molar-refractivity contribution in [2.24, 2.45) is 0 Å². The lowest BCUT2D eigenvalue weighted by Crippen LogP contribution is -2.07. The van der Waals surface area contributed by atoms with Crippen molar-refractivity contribution >= 4 is 11.6 Å². The number of rotatable bonds is 6. The first-order valence-corrected chi connectivity index (χ1v) is 5.29. The third-order valence-electron chi connectivity index (χ3n) is 1.73. The molecule has 0 fully saturated rings. The first-order chi connectivity index (χ1) is 7.26. The molecular weight excluding hydrogens is 216 g/mol. The molecule has 0 bridgehead atoms. The van der Waals surface area contributed by atoms with Crippen molar-refractivity contribution < 1.29 is 9.47 Å². The summed E-state index contributed by atoms with van der Waals surface area (Å²) < 4.78 is 10.2. The Labute approximate surface area is 94.6 Å². The summed E-state index contributed by atoms with van der Waals surface area (Å²) in [6.45, 7) is 3.07. The molecule has 0 saturated heterocycles. The Bertz CT molecular complexity index is 307. The van der Waals surface area contributed by atoms with Crippen LogP contribution in [0.1, 0.15) is 19.2 Å². The topological polar surface area (TPSA) is 44.2 Å². The van der Waals surface area contributed by atoms with Gasteiger partial charge < -0.3 is 9.47 Å². The minimum absolute atomic E-state index is 0.417. The normalized spacial score (nSPS) is 10.3. The van der Waals surface area contributed by atoms with E-state index in [0.717, 1.165) is 18.7 Å². The fourth-order valence-corrected chi connectivity index (χ4v) is 1.27. The van der Waals surface area contributed by atoms with Gasteiger partial charge in [-0.3, -0.25) is 0 Å². The second-order valence-electron chi connectivity index (χ2n) is 3.04. The van der Waals surface area contributed by atoms with Crippen molar-refractivity contribution in [3.05, 3.63) is 17.0 Å². The van der Waals surface area contributed by atoms with E-state index < -0.39 is 0 Å². The monoisotopic (exact) mass is 230 g/mol. The van der Waals surface area contributed by atoms with Gasteiger partial charge in [0.05, 0.1) is 6.61 Å². The largest absolute Gasteiger partial charge is 0.475 e. The molecule has 0 radical (unpaired) electrons. The highest BCUT2D eigenvalue weighted by atomic mass is 35.5. The van der Waals surface area contributed by atoms with Crippen LogP contribution in [-0.2, 0) is 11.2 Å². The predicted octanol–water partition coefficient (Wildman–Crippen LogP) is 2.11. The number of methoxy groups -OCH3 is 1. The maximum atomic E-state index is 5.84. The van der Waals surface area contributed by atoms with Gasteiger partial charge in [-0.2, -0.15) is 4.98 Å². The van der Waals surface area contributed by atoms with E-state index in [1.807, 2.05) is 0 Å². The molecule has 0 atom stereocenters. The van der Waals surface area contributed by atoms with Crippen LogP contribution in [0.15, 0.2) is 6.07 Å². The lowest BCUT2D eigenvalue weighted by atomic mass is 10.3. The zero-order chi connectivity index (χ0) is 11.1. The molecule has 1 heterocycles. The first-order valence-electron chi connectivity index (χ1n) is 4.91. The summed E-state index contributed by atoms with van der Waals surface area (Å²) >= 11 is 5.84. The lowest BCUT2D eigenvalue weighted by molar-refractivity contribution is 0.143. The lowest BCUT2D eigenvalue weighted by Gasteiger charge is -2.06. The molecule has 1 aromatic rings. The molecule has 4 nitrogen and oxygen atoms in total.